The summed E-state index contributed by atoms with van der Waals surface area (Å²) in [6.45, 7) is -1.19. The van der Waals surface area contributed by atoms with Crippen molar-refractivity contribution in [2.75, 3.05) is 13.7 Å². The number of methoxy groups -OCH3 is 1. The van der Waals surface area contributed by atoms with Crippen molar-refractivity contribution in [3.63, 3.8) is 0 Å². The maximum atomic E-state index is 12.0. The Balaban J connectivity index is 1.93. The third-order valence-corrected chi connectivity index (χ3v) is 3.01. The Bertz CT molecular complexity index is 688. The zero-order chi connectivity index (χ0) is 17.6. The van der Waals surface area contributed by atoms with Crippen LogP contribution in [0.25, 0.3) is 0 Å². The van der Waals surface area contributed by atoms with Gasteiger partial charge in [0.15, 0.2) is 6.61 Å². The molecule has 2 rings (SSSR count). The number of hydrogen-bond donors (Lipinski definition) is 1. The molecule has 1 aromatic heterocycles. The van der Waals surface area contributed by atoms with E-state index in [4.69, 9.17) is 4.74 Å². The number of hydrogen-bond acceptors (Lipinski definition) is 4. The van der Waals surface area contributed by atoms with Gasteiger partial charge in [0.2, 0.25) is 5.88 Å². The molecule has 0 saturated heterocycles. The normalized spacial score (nSPS) is 11.0. The number of carbonyl (C=O) groups excluding carboxylic acids is 1. The predicted octanol–water partition coefficient (Wildman–Crippen LogP) is 2.96. The number of amides is 1. The minimum absolute atomic E-state index is 0.200. The molecule has 0 unspecified atom stereocenters. The van der Waals surface area contributed by atoms with E-state index in [0.717, 1.165) is 11.8 Å². The van der Waals surface area contributed by atoms with Crippen LogP contribution < -0.4 is 14.8 Å². The molecule has 8 heteroatoms. The van der Waals surface area contributed by atoms with Gasteiger partial charge in [-0.05, 0) is 12.1 Å². The second-order valence-corrected chi connectivity index (χ2v) is 4.78. The number of rotatable bonds is 6. The molecule has 128 valence electrons. The molecular formula is C16H15F3N2O3. The number of pyridine rings is 1. The smallest absolute Gasteiger partial charge is 0.422 e. The van der Waals surface area contributed by atoms with Crippen molar-refractivity contribution in [2.45, 2.75) is 12.7 Å². The van der Waals surface area contributed by atoms with Crippen LogP contribution in [-0.4, -0.2) is 30.8 Å². The number of para-hydroxylation sites is 1. The molecule has 1 heterocycles. The molecule has 0 spiro atoms. The topological polar surface area (TPSA) is 60.5 Å². The summed E-state index contributed by atoms with van der Waals surface area (Å²) >= 11 is 0. The van der Waals surface area contributed by atoms with Crippen molar-refractivity contribution < 1.29 is 27.4 Å². The third-order valence-electron chi connectivity index (χ3n) is 3.01. The number of benzene rings is 1. The molecule has 5 nitrogen and oxygen atoms in total. The monoisotopic (exact) mass is 340 g/mol. The van der Waals surface area contributed by atoms with Gasteiger partial charge in [0.05, 0.1) is 12.7 Å². The highest BCUT2D eigenvalue weighted by Gasteiger charge is 2.28. The molecule has 24 heavy (non-hydrogen) atoms. The van der Waals surface area contributed by atoms with E-state index < -0.39 is 18.7 Å². The van der Waals surface area contributed by atoms with E-state index in [1.165, 1.54) is 19.2 Å². The Hall–Kier alpha value is -2.77. The van der Waals surface area contributed by atoms with E-state index in [9.17, 15) is 18.0 Å². The molecule has 0 aliphatic carbocycles. The summed E-state index contributed by atoms with van der Waals surface area (Å²) < 4.78 is 45.8. The van der Waals surface area contributed by atoms with Gasteiger partial charge in [-0.1, -0.05) is 18.2 Å². The van der Waals surface area contributed by atoms with Gasteiger partial charge in [0, 0.05) is 24.4 Å². The number of alkyl halides is 3. The Kier molecular flexibility index (Phi) is 5.62. The molecule has 0 fully saturated rings. The Morgan fingerprint density at radius 2 is 1.96 bits per heavy atom. The Morgan fingerprint density at radius 1 is 1.21 bits per heavy atom. The summed E-state index contributed by atoms with van der Waals surface area (Å²) in [4.78, 5) is 15.7. The van der Waals surface area contributed by atoms with Gasteiger partial charge in [-0.2, -0.15) is 13.2 Å². The van der Waals surface area contributed by atoms with Crippen LogP contribution in [0.1, 0.15) is 15.9 Å². The molecule has 1 aromatic carbocycles. The minimum Gasteiger partial charge on any atom is -0.496 e. The van der Waals surface area contributed by atoms with Crippen LogP contribution in [-0.2, 0) is 6.54 Å². The fourth-order valence-electron chi connectivity index (χ4n) is 1.88. The maximum Gasteiger partial charge on any atom is 0.422 e. The standard InChI is InChI=1S/C16H15F3N2O3/c1-23-13-5-3-2-4-11(13)8-21-15(22)12-6-7-14(20-9-12)24-10-16(17,18)19/h2-7,9H,8,10H2,1H3,(H,21,22). The van der Waals surface area contributed by atoms with Crippen LogP contribution in [0.4, 0.5) is 13.2 Å². The second kappa shape index (κ2) is 7.67. The lowest BCUT2D eigenvalue weighted by Gasteiger charge is -2.10. The fourth-order valence-corrected chi connectivity index (χ4v) is 1.88. The summed E-state index contributed by atoms with van der Waals surface area (Å²) in [6, 6.07) is 9.77. The lowest BCUT2D eigenvalue weighted by Crippen LogP contribution is -2.23. The fraction of sp³-hybridized carbons (Fsp3) is 0.250. The van der Waals surface area contributed by atoms with Gasteiger partial charge in [0.1, 0.15) is 5.75 Å². The molecule has 1 amide bonds. The Morgan fingerprint density at radius 3 is 2.58 bits per heavy atom. The first-order valence-electron chi connectivity index (χ1n) is 6.95. The van der Waals surface area contributed by atoms with E-state index in [1.54, 1.807) is 6.07 Å². The molecule has 1 N–H and O–H groups in total. The maximum absolute atomic E-state index is 12.0. The van der Waals surface area contributed by atoms with Crippen molar-refractivity contribution in [2.24, 2.45) is 0 Å². The van der Waals surface area contributed by atoms with E-state index >= 15 is 0 Å². The number of halogens is 3. The van der Waals surface area contributed by atoms with E-state index in [0.29, 0.717) is 5.75 Å². The largest absolute Gasteiger partial charge is 0.496 e. The molecule has 0 atom stereocenters. The first kappa shape index (κ1) is 17.6. The number of aromatic nitrogens is 1. The van der Waals surface area contributed by atoms with Gasteiger partial charge >= 0.3 is 6.18 Å². The van der Waals surface area contributed by atoms with Crippen LogP contribution in [0.15, 0.2) is 42.6 Å². The molecule has 0 aliphatic heterocycles. The van der Waals surface area contributed by atoms with Gasteiger partial charge in [-0.15, -0.1) is 0 Å². The quantitative estimate of drug-likeness (QED) is 0.878. The summed E-state index contributed by atoms with van der Waals surface area (Å²) in [5.74, 6) is 0.0382. The number of carbonyl (C=O) groups is 1. The van der Waals surface area contributed by atoms with Crippen molar-refractivity contribution in [1.82, 2.24) is 10.3 Å². The van der Waals surface area contributed by atoms with Gasteiger partial charge in [0.25, 0.3) is 5.91 Å². The van der Waals surface area contributed by atoms with Gasteiger partial charge < -0.3 is 14.8 Å². The zero-order valence-corrected chi connectivity index (χ0v) is 12.8. The number of nitrogens with one attached hydrogen (secondary N) is 1. The van der Waals surface area contributed by atoms with Crippen LogP contribution in [0.3, 0.4) is 0 Å². The molecular weight excluding hydrogens is 325 g/mol. The molecule has 0 bridgehead atoms. The van der Waals surface area contributed by atoms with E-state index in [-0.39, 0.29) is 18.0 Å². The van der Waals surface area contributed by atoms with Crippen LogP contribution in [0, 0.1) is 0 Å². The summed E-state index contributed by atoms with van der Waals surface area (Å²) in [7, 11) is 1.53. The molecule has 0 radical (unpaired) electrons. The minimum atomic E-state index is -4.44. The highest BCUT2D eigenvalue weighted by atomic mass is 19.4. The number of nitrogens with zero attached hydrogens (tertiary/aromatic N) is 1. The molecule has 0 aliphatic rings. The zero-order valence-electron chi connectivity index (χ0n) is 12.8. The molecule has 2 aromatic rings. The second-order valence-electron chi connectivity index (χ2n) is 4.78. The highest BCUT2D eigenvalue weighted by molar-refractivity contribution is 5.93. The third kappa shape index (κ3) is 5.15. The first-order valence-corrected chi connectivity index (χ1v) is 6.95. The lowest BCUT2D eigenvalue weighted by molar-refractivity contribution is -0.154. The SMILES string of the molecule is COc1ccccc1CNC(=O)c1ccc(OCC(F)(F)F)nc1. The predicted molar refractivity (Wildman–Crippen MR) is 80.0 cm³/mol. The first-order chi connectivity index (χ1) is 11.4. The molecule has 0 saturated carbocycles. The van der Waals surface area contributed by atoms with Gasteiger partial charge in [-0.3, -0.25) is 4.79 Å². The van der Waals surface area contributed by atoms with Gasteiger partial charge in [-0.25, -0.2) is 4.98 Å². The van der Waals surface area contributed by atoms with Crippen molar-refractivity contribution in [3.8, 4) is 11.6 Å². The average Bonchev–Trinajstić information content (AvgIpc) is 2.58. The van der Waals surface area contributed by atoms with E-state index in [2.05, 4.69) is 15.0 Å². The average molecular weight is 340 g/mol. The van der Waals surface area contributed by atoms with Crippen molar-refractivity contribution in [3.05, 3.63) is 53.7 Å². The van der Waals surface area contributed by atoms with E-state index in [1.807, 2.05) is 18.2 Å². The highest BCUT2D eigenvalue weighted by Crippen LogP contribution is 2.18. The van der Waals surface area contributed by atoms with Crippen LogP contribution >= 0.6 is 0 Å². The number of ether oxygens (including phenoxy) is 2. The Labute approximate surface area is 136 Å². The summed E-state index contributed by atoms with van der Waals surface area (Å²) in [6.07, 6.45) is -3.28. The van der Waals surface area contributed by atoms with Crippen LogP contribution in [0.5, 0.6) is 11.6 Å². The lowest BCUT2D eigenvalue weighted by atomic mass is 10.2. The van der Waals surface area contributed by atoms with Crippen molar-refractivity contribution in [1.29, 1.82) is 0 Å². The summed E-state index contributed by atoms with van der Waals surface area (Å²) in [5.41, 5.74) is 1.01. The van der Waals surface area contributed by atoms with Crippen molar-refractivity contribution >= 4 is 5.91 Å². The summed E-state index contributed by atoms with van der Waals surface area (Å²) in [5, 5.41) is 2.69. The van der Waals surface area contributed by atoms with Crippen LogP contribution in [0.2, 0.25) is 0 Å².